The van der Waals surface area contributed by atoms with E-state index in [-0.39, 0.29) is 24.9 Å². The number of hydrogen-bond acceptors (Lipinski definition) is 8. The van der Waals surface area contributed by atoms with Crippen LogP contribution in [-0.2, 0) is 19.1 Å². The number of allylic oxidation sites excluding steroid dienone is 3. The SMILES string of the molecule is COC1=CCC=C(C(=O)NNC2(C#N)CCN(c3ccc(N4CC(CNC(C)=O)OC4=O)cc3F)CC2)C=C1. The highest BCUT2D eigenvalue weighted by Gasteiger charge is 2.37. The minimum atomic E-state index is -1.00. The Kier molecular flexibility index (Phi) is 8.51. The molecule has 0 saturated carbocycles. The van der Waals surface area contributed by atoms with Crippen LogP contribution in [0.15, 0.2) is 53.8 Å². The van der Waals surface area contributed by atoms with Crippen molar-refractivity contribution in [1.82, 2.24) is 16.2 Å². The Bertz CT molecular complexity index is 1260. The Morgan fingerprint density at radius 3 is 2.69 bits per heavy atom. The third kappa shape index (κ3) is 6.56. The van der Waals surface area contributed by atoms with Crippen molar-refractivity contribution in [3.8, 4) is 6.07 Å². The van der Waals surface area contributed by atoms with Crippen molar-refractivity contribution >= 4 is 29.3 Å². The van der Waals surface area contributed by atoms with Gasteiger partial charge in [0.05, 0.1) is 37.6 Å². The molecule has 12 heteroatoms. The normalized spacial score (nSPS) is 20.3. The summed E-state index contributed by atoms with van der Waals surface area (Å²) < 4.78 is 25.6. The Morgan fingerprint density at radius 2 is 2.03 bits per heavy atom. The summed E-state index contributed by atoms with van der Waals surface area (Å²) in [6.07, 6.45) is 7.07. The van der Waals surface area contributed by atoms with Gasteiger partial charge in [0.25, 0.3) is 5.91 Å². The van der Waals surface area contributed by atoms with E-state index in [4.69, 9.17) is 9.47 Å². The Hall–Kier alpha value is -4.37. The average Bonchev–Trinajstić information content (AvgIpc) is 3.14. The maximum atomic E-state index is 15.1. The van der Waals surface area contributed by atoms with Crippen LogP contribution in [0.3, 0.4) is 0 Å². The van der Waals surface area contributed by atoms with Crippen LogP contribution in [0.25, 0.3) is 0 Å². The lowest BCUT2D eigenvalue weighted by Gasteiger charge is -2.39. The number of anilines is 2. The van der Waals surface area contributed by atoms with Crippen LogP contribution in [0.5, 0.6) is 0 Å². The summed E-state index contributed by atoms with van der Waals surface area (Å²) >= 11 is 0. The second-order valence-electron chi connectivity index (χ2n) is 9.49. The molecule has 1 unspecified atom stereocenters. The van der Waals surface area contributed by atoms with Gasteiger partial charge in [-0.25, -0.2) is 14.6 Å². The summed E-state index contributed by atoms with van der Waals surface area (Å²) in [5.41, 5.74) is 5.69. The quantitative estimate of drug-likeness (QED) is 0.429. The average molecular weight is 539 g/mol. The largest absolute Gasteiger partial charge is 0.497 e. The second kappa shape index (κ2) is 12.0. The molecule has 11 nitrogen and oxygen atoms in total. The van der Waals surface area contributed by atoms with Crippen LogP contribution in [0.1, 0.15) is 26.2 Å². The van der Waals surface area contributed by atoms with Crippen molar-refractivity contribution < 1.29 is 28.2 Å². The van der Waals surface area contributed by atoms with E-state index < -0.39 is 23.6 Å². The van der Waals surface area contributed by atoms with Crippen LogP contribution in [0.4, 0.5) is 20.6 Å². The van der Waals surface area contributed by atoms with Gasteiger partial charge in [-0.3, -0.25) is 19.9 Å². The van der Waals surface area contributed by atoms with Crippen molar-refractivity contribution in [3.05, 3.63) is 59.7 Å². The molecule has 1 atom stereocenters. The number of carbonyl (C=O) groups excluding carboxylic acids is 3. The number of methoxy groups -OCH3 is 1. The van der Waals surface area contributed by atoms with Gasteiger partial charge in [0, 0.05) is 25.6 Å². The molecular formula is C27H31FN6O5. The highest BCUT2D eigenvalue weighted by molar-refractivity contribution is 5.96. The van der Waals surface area contributed by atoms with E-state index in [1.54, 1.807) is 37.5 Å². The lowest BCUT2D eigenvalue weighted by atomic mass is 9.89. The molecule has 0 spiro atoms. The molecule has 0 radical (unpaired) electrons. The fourth-order valence-corrected chi connectivity index (χ4v) is 4.59. The molecule has 2 fully saturated rings. The molecule has 4 rings (SSSR count). The first-order valence-electron chi connectivity index (χ1n) is 12.6. The molecule has 39 heavy (non-hydrogen) atoms. The van der Waals surface area contributed by atoms with Gasteiger partial charge in [-0.1, -0.05) is 6.08 Å². The van der Waals surface area contributed by atoms with Crippen molar-refractivity contribution in [2.45, 2.75) is 37.8 Å². The third-order valence-corrected chi connectivity index (χ3v) is 6.86. The van der Waals surface area contributed by atoms with E-state index in [1.807, 2.05) is 11.0 Å². The van der Waals surface area contributed by atoms with E-state index in [0.717, 1.165) is 0 Å². The fraction of sp³-hybridized carbons (Fsp3) is 0.407. The number of cyclic esters (lactones) is 1. The summed E-state index contributed by atoms with van der Waals surface area (Å²) in [6, 6.07) is 6.78. The summed E-state index contributed by atoms with van der Waals surface area (Å²) in [5, 5.41) is 12.5. The molecule has 3 amide bonds. The number of carbonyl (C=O) groups is 3. The first kappa shape index (κ1) is 27.7. The second-order valence-corrected chi connectivity index (χ2v) is 9.49. The summed E-state index contributed by atoms with van der Waals surface area (Å²) in [5.74, 6) is -0.440. The Labute approximate surface area is 225 Å². The number of ether oxygens (including phenoxy) is 2. The van der Waals surface area contributed by atoms with Crippen molar-refractivity contribution in [3.63, 3.8) is 0 Å². The summed E-state index contributed by atoms with van der Waals surface area (Å²) in [7, 11) is 1.56. The maximum absolute atomic E-state index is 15.1. The molecule has 1 aromatic rings. The highest BCUT2D eigenvalue weighted by Crippen LogP contribution is 2.31. The van der Waals surface area contributed by atoms with Crippen LogP contribution >= 0.6 is 0 Å². The van der Waals surface area contributed by atoms with Gasteiger partial charge >= 0.3 is 6.09 Å². The molecule has 2 saturated heterocycles. The smallest absolute Gasteiger partial charge is 0.414 e. The van der Waals surface area contributed by atoms with Crippen LogP contribution < -0.4 is 26.0 Å². The fourth-order valence-electron chi connectivity index (χ4n) is 4.59. The standard InChI is InChI=1S/C27H31FN6O5/c1-18(35)30-15-22-16-34(26(37)39-22)20-7-9-24(23(28)14-20)33-12-10-27(17-29,11-13-33)32-31-25(36)19-4-3-5-21(38-2)8-6-19/h4-9,14,22,32H,3,10-13,15-16H2,1-2H3,(H,30,35)(H,31,36). The highest BCUT2D eigenvalue weighted by atomic mass is 19.1. The lowest BCUT2D eigenvalue weighted by Crippen LogP contribution is -2.58. The minimum absolute atomic E-state index is 0.182. The molecule has 1 aromatic carbocycles. The zero-order valence-corrected chi connectivity index (χ0v) is 21.8. The zero-order valence-electron chi connectivity index (χ0n) is 21.8. The number of rotatable bonds is 8. The first-order valence-corrected chi connectivity index (χ1v) is 12.6. The topological polar surface area (TPSA) is 136 Å². The third-order valence-electron chi connectivity index (χ3n) is 6.86. The van der Waals surface area contributed by atoms with E-state index >= 15 is 4.39 Å². The van der Waals surface area contributed by atoms with Gasteiger partial charge in [0.15, 0.2) is 0 Å². The van der Waals surface area contributed by atoms with E-state index in [2.05, 4.69) is 22.2 Å². The monoisotopic (exact) mass is 538 g/mol. The molecule has 0 bridgehead atoms. The lowest BCUT2D eigenvalue weighted by molar-refractivity contribution is -0.119. The van der Waals surface area contributed by atoms with Crippen molar-refractivity contribution in [1.29, 1.82) is 5.26 Å². The predicted octanol–water partition coefficient (Wildman–Crippen LogP) is 2.19. The number of benzene rings is 1. The number of nitrogens with zero attached hydrogens (tertiary/aromatic N) is 3. The predicted molar refractivity (Wildman–Crippen MR) is 141 cm³/mol. The van der Waals surface area contributed by atoms with Crippen LogP contribution in [-0.4, -0.2) is 62.8 Å². The van der Waals surface area contributed by atoms with Crippen LogP contribution in [0, 0.1) is 17.1 Å². The molecule has 0 aromatic heterocycles. The van der Waals surface area contributed by atoms with Gasteiger partial charge in [-0.05, 0) is 55.7 Å². The van der Waals surface area contributed by atoms with Gasteiger partial charge < -0.3 is 19.7 Å². The van der Waals surface area contributed by atoms with Gasteiger partial charge in [-0.2, -0.15) is 5.26 Å². The maximum Gasteiger partial charge on any atom is 0.414 e. The Balaban J connectivity index is 1.33. The molecule has 1 aliphatic carbocycles. The zero-order chi connectivity index (χ0) is 28.0. The van der Waals surface area contributed by atoms with Gasteiger partial charge in [-0.15, -0.1) is 0 Å². The van der Waals surface area contributed by atoms with Crippen molar-refractivity contribution in [2.24, 2.45) is 0 Å². The van der Waals surface area contributed by atoms with E-state index in [0.29, 0.717) is 55.1 Å². The van der Waals surface area contributed by atoms with Crippen molar-refractivity contribution in [2.75, 3.05) is 43.1 Å². The molecular weight excluding hydrogens is 507 g/mol. The van der Waals surface area contributed by atoms with Crippen LogP contribution in [0.2, 0.25) is 0 Å². The van der Waals surface area contributed by atoms with Gasteiger partial charge in [0.1, 0.15) is 23.2 Å². The van der Waals surface area contributed by atoms with Gasteiger partial charge in [0.2, 0.25) is 5.91 Å². The van der Waals surface area contributed by atoms with E-state index in [9.17, 15) is 19.6 Å². The van der Waals surface area contributed by atoms with E-state index in [1.165, 1.54) is 17.9 Å². The molecule has 3 aliphatic rings. The number of nitriles is 1. The first-order chi connectivity index (χ1) is 18.7. The number of halogens is 1. The summed E-state index contributed by atoms with van der Waals surface area (Å²) in [6.45, 7) is 2.50. The molecule has 2 heterocycles. The number of piperidine rings is 1. The molecule has 2 aliphatic heterocycles. The number of nitrogens with one attached hydrogen (secondary N) is 3. The molecule has 206 valence electrons. The number of hydrogen-bond donors (Lipinski definition) is 3. The number of hydrazine groups is 1. The summed E-state index contributed by atoms with van der Waals surface area (Å²) in [4.78, 5) is 39.2. The Morgan fingerprint density at radius 1 is 1.26 bits per heavy atom. The molecule has 3 N–H and O–H groups in total. The minimum Gasteiger partial charge on any atom is -0.497 e. The number of amides is 3.